The molecule has 0 aromatic carbocycles. The summed E-state index contributed by atoms with van der Waals surface area (Å²) in [4.78, 5) is 5.33. The summed E-state index contributed by atoms with van der Waals surface area (Å²) in [6.07, 6.45) is 0. The Kier molecular flexibility index (Phi) is 3.91. The van der Waals surface area contributed by atoms with Crippen LogP contribution in [-0.2, 0) is 0 Å². The molecule has 0 bridgehead atoms. The van der Waals surface area contributed by atoms with Crippen LogP contribution in [0.2, 0.25) is 0 Å². The number of rotatable bonds is 3. The molecule has 0 saturated carbocycles. The number of hydrogen-bond donors (Lipinski definition) is 3. The van der Waals surface area contributed by atoms with Gasteiger partial charge in [0.25, 0.3) is 0 Å². The van der Waals surface area contributed by atoms with Crippen molar-refractivity contribution in [2.24, 2.45) is 16.6 Å². The van der Waals surface area contributed by atoms with Crippen LogP contribution in [0.4, 0.5) is 0 Å². The van der Waals surface area contributed by atoms with E-state index in [2.05, 4.69) is 18.8 Å². The first-order chi connectivity index (χ1) is 6.65. The minimum Gasteiger partial charge on any atom is -0.368 e. The summed E-state index contributed by atoms with van der Waals surface area (Å²) in [5.74, 6) is 0.401. The molecule has 1 atom stereocenters. The fraction of sp³-hybridized carbons (Fsp3) is 0.444. The van der Waals surface area contributed by atoms with Gasteiger partial charge in [0, 0.05) is 4.88 Å². The standard InChI is InChI=1S/C9H15N3OS/c1-6(2)8(11-9(10)12-13)7-4-3-5-14-7/h3-6,8,13H,1-2H3,(H3,10,11,12). The Hall–Kier alpha value is -1.07. The van der Waals surface area contributed by atoms with E-state index < -0.39 is 0 Å². The minimum absolute atomic E-state index is 0.00894. The molecule has 78 valence electrons. The molecule has 0 aliphatic heterocycles. The second-order valence-corrected chi connectivity index (χ2v) is 4.31. The number of nitrogens with two attached hydrogens (primary N) is 1. The van der Waals surface area contributed by atoms with Gasteiger partial charge in [0.05, 0.1) is 6.04 Å². The van der Waals surface area contributed by atoms with Crippen LogP contribution in [0.1, 0.15) is 24.8 Å². The quantitative estimate of drug-likeness (QED) is 0.407. The molecule has 4 nitrogen and oxygen atoms in total. The van der Waals surface area contributed by atoms with Crippen LogP contribution in [0.15, 0.2) is 22.5 Å². The Balaban J connectivity index is 2.86. The van der Waals surface area contributed by atoms with Crippen LogP contribution in [0.5, 0.6) is 0 Å². The molecule has 5 heteroatoms. The molecule has 0 fully saturated rings. The van der Waals surface area contributed by atoms with Gasteiger partial charge in [0.1, 0.15) is 0 Å². The van der Waals surface area contributed by atoms with Crippen molar-refractivity contribution in [3.05, 3.63) is 22.4 Å². The van der Waals surface area contributed by atoms with Gasteiger partial charge < -0.3 is 5.73 Å². The number of hydroxylamine groups is 1. The lowest BCUT2D eigenvalue weighted by molar-refractivity contribution is 0.231. The number of nitrogens with one attached hydrogen (secondary N) is 1. The predicted molar refractivity (Wildman–Crippen MR) is 58.4 cm³/mol. The van der Waals surface area contributed by atoms with Crippen LogP contribution in [-0.4, -0.2) is 11.2 Å². The van der Waals surface area contributed by atoms with E-state index in [-0.39, 0.29) is 12.0 Å². The first-order valence-electron chi connectivity index (χ1n) is 4.42. The largest absolute Gasteiger partial charge is 0.368 e. The first-order valence-corrected chi connectivity index (χ1v) is 5.30. The molecule has 1 unspecified atom stereocenters. The summed E-state index contributed by atoms with van der Waals surface area (Å²) in [7, 11) is 0. The zero-order valence-electron chi connectivity index (χ0n) is 8.27. The highest BCUT2D eigenvalue weighted by atomic mass is 32.1. The molecule has 1 aromatic rings. The van der Waals surface area contributed by atoms with Crippen LogP contribution in [0.25, 0.3) is 0 Å². The average molecular weight is 213 g/mol. The van der Waals surface area contributed by atoms with E-state index in [0.717, 1.165) is 4.88 Å². The van der Waals surface area contributed by atoms with E-state index in [1.54, 1.807) is 11.3 Å². The average Bonchev–Trinajstić information content (AvgIpc) is 2.65. The van der Waals surface area contributed by atoms with Crippen molar-refractivity contribution in [2.45, 2.75) is 19.9 Å². The van der Waals surface area contributed by atoms with Crippen molar-refractivity contribution in [1.82, 2.24) is 5.48 Å². The Morgan fingerprint density at radius 3 is 2.79 bits per heavy atom. The van der Waals surface area contributed by atoms with Crippen molar-refractivity contribution in [2.75, 3.05) is 0 Å². The maximum absolute atomic E-state index is 8.56. The van der Waals surface area contributed by atoms with Crippen molar-refractivity contribution in [3.8, 4) is 0 Å². The molecular weight excluding hydrogens is 198 g/mol. The number of guanidine groups is 1. The normalized spacial score (nSPS) is 14.4. The van der Waals surface area contributed by atoms with Gasteiger partial charge in [-0.1, -0.05) is 19.9 Å². The summed E-state index contributed by atoms with van der Waals surface area (Å²) in [6, 6.07) is 4.01. The van der Waals surface area contributed by atoms with Crippen LogP contribution >= 0.6 is 11.3 Å². The summed E-state index contributed by atoms with van der Waals surface area (Å²) in [5.41, 5.74) is 7.26. The maximum Gasteiger partial charge on any atom is 0.213 e. The number of hydrogen-bond acceptors (Lipinski definition) is 3. The van der Waals surface area contributed by atoms with Gasteiger partial charge in [-0.05, 0) is 17.4 Å². The molecule has 0 aliphatic carbocycles. The fourth-order valence-corrected chi connectivity index (χ4v) is 2.12. The second-order valence-electron chi connectivity index (χ2n) is 3.33. The van der Waals surface area contributed by atoms with Gasteiger partial charge in [-0.3, -0.25) is 5.21 Å². The van der Waals surface area contributed by atoms with Gasteiger partial charge in [0.15, 0.2) is 0 Å². The van der Waals surface area contributed by atoms with Crippen LogP contribution < -0.4 is 11.2 Å². The molecule has 0 saturated heterocycles. The smallest absolute Gasteiger partial charge is 0.213 e. The molecule has 1 aromatic heterocycles. The van der Waals surface area contributed by atoms with Gasteiger partial charge in [-0.2, -0.15) is 0 Å². The third-order valence-corrected chi connectivity index (χ3v) is 2.80. The van der Waals surface area contributed by atoms with Crippen molar-refractivity contribution >= 4 is 17.3 Å². The van der Waals surface area contributed by atoms with Crippen LogP contribution in [0.3, 0.4) is 0 Å². The van der Waals surface area contributed by atoms with E-state index in [9.17, 15) is 0 Å². The molecule has 4 N–H and O–H groups in total. The fourth-order valence-electron chi connectivity index (χ4n) is 1.18. The highest BCUT2D eigenvalue weighted by molar-refractivity contribution is 7.10. The molecule has 1 heterocycles. The predicted octanol–water partition coefficient (Wildman–Crippen LogP) is 1.74. The van der Waals surface area contributed by atoms with Gasteiger partial charge >= 0.3 is 0 Å². The first kappa shape index (κ1) is 11.0. The Labute approximate surface area is 87.4 Å². The third kappa shape index (κ3) is 2.71. The van der Waals surface area contributed by atoms with Crippen molar-refractivity contribution in [3.63, 3.8) is 0 Å². The summed E-state index contributed by atoms with van der Waals surface area (Å²) < 4.78 is 0. The molecule has 0 aliphatic rings. The monoisotopic (exact) mass is 213 g/mol. The molecule has 0 amide bonds. The van der Waals surface area contributed by atoms with E-state index in [1.165, 1.54) is 0 Å². The molecule has 0 spiro atoms. The molecule has 0 radical (unpaired) electrons. The SMILES string of the molecule is CC(C)C(N=C(N)NO)c1cccs1. The highest BCUT2D eigenvalue weighted by Crippen LogP contribution is 2.29. The lowest BCUT2D eigenvalue weighted by Crippen LogP contribution is -2.29. The lowest BCUT2D eigenvalue weighted by atomic mass is 10.0. The number of aliphatic imine (C=N–C) groups is 1. The topological polar surface area (TPSA) is 70.6 Å². The third-order valence-electron chi connectivity index (χ3n) is 1.86. The van der Waals surface area contributed by atoms with E-state index in [1.807, 2.05) is 23.0 Å². The number of nitrogens with zero attached hydrogens (tertiary/aromatic N) is 1. The molecule has 1 rings (SSSR count). The van der Waals surface area contributed by atoms with E-state index >= 15 is 0 Å². The second kappa shape index (κ2) is 4.97. The van der Waals surface area contributed by atoms with Gasteiger partial charge in [0.2, 0.25) is 5.96 Å². The van der Waals surface area contributed by atoms with Gasteiger partial charge in [-0.25, -0.2) is 10.5 Å². The lowest BCUT2D eigenvalue weighted by Gasteiger charge is -2.15. The maximum atomic E-state index is 8.56. The summed E-state index contributed by atoms with van der Waals surface area (Å²) >= 11 is 1.64. The zero-order valence-corrected chi connectivity index (χ0v) is 9.08. The van der Waals surface area contributed by atoms with E-state index in [4.69, 9.17) is 10.9 Å². The number of thiophene rings is 1. The Morgan fingerprint density at radius 2 is 2.36 bits per heavy atom. The highest BCUT2D eigenvalue weighted by Gasteiger charge is 2.15. The van der Waals surface area contributed by atoms with Gasteiger partial charge in [-0.15, -0.1) is 11.3 Å². The summed E-state index contributed by atoms with van der Waals surface area (Å²) in [5, 5.41) is 10.6. The van der Waals surface area contributed by atoms with Crippen molar-refractivity contribution < 1.29 is 5.21 Å². The minimum atomic E-state index is 0.00894. The summed E-state index contributed by atoms with van der Waals surface area (Å²) in [6.45, 7) is 4.14. The Morgan fingerprint density at radius 1 is 1.64 bits per heavy atom. The zero-order chi connectivity index (χ0) is 10.6. The molecular formula is C9H15N3OS. The Bertz CT molecular complexity index is 295. The van der Waals surface area contributed by atoms with Crippen LogP contribution in [0, 0.1) is 5.92 Å². The van der Waals surface area contributed by atoms with E-state index in [0.29, 0.717) is 5.92 Å². The molecule has 14 heavy (non-hydrogen) atoms. The van der Waals surface area contributed by atoms with Crippen molar-refractivity contribution in [1.29, 1.82) is 0 Å².